The second kappa shape index (κ2) is 6.52. The summed E-state index contributed by atoms with van der Waals surface area (Å²) in [5.41, 5.74) is 0.967. The minimum absolute atomic E-state index is 0.361. The van der Waals surface area contributed by atoms with Gasteiger partial charge in [-0.3, -0.25) is 4.79 Å². The molecule has 0 heterocycles. The molecule has 0 saturated carbocycles. The Morgan fingerprint density at radius 1 is 1.62 bits per heavy atom. The van der Waals surface area contributed by atoms with Crippen LogP contribution >= 0.6 is 39.3 Å². The molecule has 0 aliphatic heterocycles. The van der Waals surface area contributed by atoms with E-state index < -0.39 is 5.97 Å². The molecule has 1 N–H and O–H groups in total. The standard InChI is InChI=1S/C11H12BrClO2S/c1-2-10(11(14)15)16-6-7-3-4-8(12)5-9(7)13/h3-5,10H,2,6H2,1H3,(H,14,15). The predicted molar refractivity (Wildman–Crippen MR) is 72.2 cm³/mol. The molecule has 2 nitrogen and oxygen atoms in total. The summed E-state index contributed by atoms with van der Waals surface area (Å²) in [4.78, 5) is 10.8. The highest BCUT2D eigenvalue weighted by Crippen LogP contribution is 2.27. The van der Waals surface area contributed by atoms with E-state index in [1.54, 1.807) is 0 Å². The van der Waals surface area contributed by atoms with Crippen molar-refractivity contribution in [2.24, 2.45) is 0 Å². The molecule has 1 atom stereocenters. The molecule has 1 rings (SSSR count). The summed E-state index contributed by atoms with van der Waals surface area (Å²) in [6.45, 7) is 1.87. The average Bonchev–Trinajstić information content (AvgIpc) is 2.21. The Balaban J connectivity index is 2.63. The van der Waals surface area contributed by atoms with Gasteiger partial charge in [-0.05, 0) is 24.1 Å². The van der Waals surface area contributed by atoms with E-state index in [1.807, 2.05) is 25.1 Å². The molecule has 0 aromatic heterocycles. The van der Waals surface area contributed by atoms with Gasteiger partial charge < -0.3 is 5.11 Å². The van der Waals surface area contributed by atoms with Gasteiger partial charge in [-0.25, -0.2) is 0 Å². The van der Waals surface area contributed by atoms with Crippen molar-refractivity contribution in [3.63, 3.8) is 0 Å². The molecule has 0 fully saturated rings. The maximum Gasteiger partial charge on any atom is 0.316 e. The molecule has 16 heavy (non-hydrogen) atoms. The number of rotatable bonds is 5. The van der Waals surface area contributed by atoms with Gasteiger partial charge in [0.05, 0.1) is 0 Å². The van der Waals surface area contributed by atoms with Gasteiger partial charge in [0, 0.05) is 15.2 Å². The van der Waals surface area contributed by atoms with Crippen molar-refractivity contribution in [2.75, 3.05) is 0 Å². The van der Waals surface area contributed by atoms with Crippen LogP contribution < -0.4 is 0 Å². The van der Waals surface area contributed by atoms with Crippen molar-refractivity contribution < 1.29 is 9.90 Å². The lowest BCUT2D eigenvalue weighted by atomic mass is 10.2. The molecule has 0 radical (unpaired) electrons. The van der Waals surface area contributed by atoms with Crippen molar-refractivity contribution in [1.82, 2.24) is 0 Å². The van der Waals surface area contributed by atoms with Crippen LogP contribution in [-0.2, 0) is 10.5 Å². The molecule has 0 amide bonds. The Morgan fingerprint density at radius 2 is 2.31 bits per heavy atom. The summed E-state index contributed by atoms with van der Waals surface area (Å²) < 4.78 is 0.927. The summed E-state index contributed by atoms with van der Waals surface area (Å²) in [5, 5.41) is 9.21. The number of carbonyl (C=O) groups is 1. The number of benzene rings is 1. The van der Waals surface area contributed by atoms with E-state index in [9.17, 15) is 4.79 Å². The van der Waals surface area contributed by atoms with E-state index in [0.29, 0.717) is 17.2 Å². The molecular formula is C11H12BrClO2S. The normalized spacial score (nSPS) is 12.4. The molecule has 5 heteroatoms. The predicted octanol–water partition coefficient (Wildman–Crippen LogP) is 4.20. The van der Waals surface area contributed by atoms with Gasteiger partial charge in [0.25, 0.3) is 0 Å². The number of carboxylic acids is 1. The Morgan fingerprint density at radius 3 is 2.81 bits per heavy atom. The molecule has 1 aromatic rings. The van der Waals surface area contributed by atoms with Crippen LogP contribution in [-0.4, -0.2) is 16.3 Å². The Hall–Kier alpha value is -0.190. The van der Waals surface area contributed by atoms with E-state index in [0.717, 1.165) is 10.0 Å². The van der Waals surface area contributed by atoms with Crippen molar-refractivity contribution in [1.29, 1.82) is 0 Å². The first-order valence-electron chi connectivity index (χ1n) is 4.83. The second-order valence-electron chi connectivity index (χ2n) is 3.28. The molecule has 1 aromatic carbocycles. The van der Waals surface area contributed by atoms with Gasteiger partial charge in [0.15, 0.2) is 0 Å². The summed E-state index contributed by atoms with van der Waals surface area (Å²) in [5.74, 6) is -0.141. The number of hydrogen-bond acceptors (Lipinski definition) is 2. The number of carboxylic acid groups (broad SMARTS) is 1. The fourth-order valence-electron chi connectivity index (χ4n) is 1.19. The average molecular weight is 324 g/mol. The zero-order chi connectivity index (χ0) is 12.1. The van der Waals surface area contributed by atoms with Crippen LogP contribution in [0.1, 0.15) is 18.9 Å². The van der Waals surface area contributed by atoms with Gasteiger partial charge >= 0.3 is 5.97 Å². The lowest BCUT2D eigenvalue weighted by molar-refractivity contribution is -0.136. The first-order valence-corrected chi connectivity index (χ1v) is 7.05. The van der Waals surface area contributed by atoms with Crippen molar-refractivity contribution in [2.45, 2.75) is 24.3 Å². The van der Waals surface area contributed by atoms with Crippen LogP contribution in [0.15, 0.2) is 22.7 Å². The van der Waals surface area contributed by atoms with E-state index in [-0.39, 0.29) is 5.25 Å². The van der Waals surface area contributed by atoms with Gasteiger partial charge in [0.2, 0.25) is 0 Å². The molecule has 88 valence electrons. The summed E-state index contributed by atoms with van der Waals surface area (Å²) >= 11 is 10.8. The minimum atomic E-state index is -0.763. The third-order valence-corrected chi connectivity index (χ3v) is 4.36. The summed E-state index contributed by atoms with van der Waals surface area (Å²) in [7, 11) is 0. The number of halogens is 2. The molecular weight excluding hydrogens is 312 g/mol. The fraction of sp³-hybridized carbons (Fsp3) is 0.364. The summed E-state index contributed by atoms with van der Waals surface area (Å²) in [6.07, 6.45) is 0.619. The molecule has 0 aliphatic rings. The van der Waals surface area contributed by atoms with Crippen LogP contribution in [0.2, 0.25) is 5.02 Å². The smallest absolute Gasteiger partial charge is 0.316 e. The Kier molecular flexibility index (Phi) is 5.66. The van der Waals surface area contributed by atoms with Crippen LogP contribution in [0.4, 0.5) is 0 Å². The van der Waals surface area contributed by atoms with Crippen LogP contribution in [0.5, 0.6) is 0 Å². The highest BCUT2D eigenvalue weighted by atomic mass is 79.9. The van der Waals surface area contributed by atoms with E-state index in [4.69, 9.17) is 16.7 Å². The van der Waals surface area contributed by atoms with E-state index >= 15 is 0 Å². The highest BCUT2D eigenvalue weighted by Gasteiger charge is 2.15. The number of hydrogen-bond donors (Lipinski definition) is 1. The summed E-state index contributed by atoms with van der Waals surface area (Å²) in [6, 6.07) is 5.64. The Labute approximate surface area is 113 Å². The SMILES string of the molecule is CCC(SCc1ccc(Br)cc1Cl)C(=O)O. The van der Waals surface area contributed by atoms with Crippen molar-refractivity contribution >= 4 is 45.3 Å². The minimum Gasteiger partial charge on any atom is -0.480 e. The lowest BCUT2D eigenvalue weighted by Gasteiger charge is -2.10. The quantitative estimate of drug-likeness (QED) is 0.882. The second-order valence-corrected chi connectivity index (χ2v) is 5.80. The molecule has 0 saturated heterocycles. The maximum absolute atomic E-state index is 10.8. The molecule has 1 unspecified atom stereocenters. The first kappa shape index (κ1) is 13.9. The van der Waals surface area contributed by atoms with Crippen molar-refractivity contribution in [3.8, 4) is 0 Å². The van der Waals surface area contributed by atoms with Gasteiger partial charge in [-0.1, -0.05) is 40.5 Å². The fourth-order valence-corrected chi connectivity index (χ4v) is 3.02. The van der Waals surface area contributed by atoms with Gasteiger partial charge in [0.1, 0.15) is 5.25 Å². The molecule has 0 bridgehead atoms. The zero-order valence-electron chi connectivity index (χ0n) is 8.74. The number of aliphatic carboxylic acids is 1. The number of thioether (sulfide) groups is 1. The van der Waals surface area contributed by atoms with Crippen LogP contribution in [0, 0.1) is 0 Å². The highest BCUT2D eigenvalue weighted by molar-refractivity contribution is 9.10. The van der Waals surface area contributed by atoms with E-state index in [2.05, 4.69) is 15.9 Å². The zero-order valence-corrected chi connectivity index (χ0v) is 11.9. The Bertz CT molecular complexity index is 384. The third-order valence-electron chi connectivity index (χ3n) is 2.10. The monoisotopic (exact) mass is 322 g/mol. The lowest BCUT2D eigenvalue weighted by Crippen LogP contribution is -2.15. The maximum atomic E-state index is 10.8. The first-order chi connectivity index (χ1) is 7.54. The molecule has 0 spiro atoms. The third kappa shape index (κ3) is 4.00. The van der Waals surface area contributed by atoms with E-state index in [1.165, 1.54) is 11.8 Å². The topological polar surface area (TPSA) is 37.3 Å². The van der Waals surface area contributed by atoms with Gasteiger partial charge in [-0.2, -0.15) is 0 Å². The van der Waals surface area contributed by atoms with Gasteiger partial charge in [-0.15, -0.1) is 11.8 Å². The largest absolute Gasteiger partial charge is 0.480 e. The van der Waals surface area contributed by atoms with Crippen LogP contribution in [0.3, 0.4) is 0 Å². The van der Waals surface area contributed by atoms with Crippen LogP contribution in [0.25, 0.3) is 0 Å². The molecule has 0 aliphatic carbocycles. The van der Waals surface area contributed by atoms with Crippen molar-refractivity contribution in [3.05, 3.63) is 33.3 Å².